The van der Waals surface area contributed by atoms with Crippen LogP contribution in [0.25, 0.3) is 11.1 Å². The summed E-state index contributed by atoms with van der Waals surface area (Å²) < 4.78 is 0. The first-order valence-corrected chi connectivity index (χ1v) is 6.94. The maximum Gasteiger partial charge on any atom is 0.221 e. The number of carbonyl (C=O) groups is 1. The molecule has 0 saturated heterocycles. The van der Waals surface area contributed by atoms with Gasteiger partial charge in [-0.3, -0.25) is 4.79 Å². The number of nitrogens with one attached hydrogen (secondary N) is 1. The number of amides is 1. The van der Waals surface area contributed by atoms with Gasteiger partial charge in [-0.25, -0.2) is 0 Å². The van der Waals surface area contributed by atoms with Crippen molar-refractivity contribution in [2.45, 2.75) is 26.7 Å². The van der Waals surface area contributed by atoms with Crippen LogP contribution in [0.15, 0.2) is 42.5 Å². The van der Waals surface area contributed by atoms with E-state index in [1.807, 2.05) is 42.5 Å². The largest absolute Gasteiger partial charge is 0.325 e. The first-order valence-electron chi connectivity index (χ1n) is 6.94. The van der Waals surface area contributed by atoms with Gasteiger partial charge in [-0.1, -0.05) is 44.2 Å². The Balaban J connectivity index is 2.72. The van der Waals surface area contributed by atoms with Crippen molar-refractivity contribution >= 4 is 11.6 Å². The number of nitrogens with zero attached hydrogens (tertiary/aromatic N) is 1. The van der Waals surface area contributed by atoms with Gasteiger partial charge in [0, 0.05) is 12.5 Å². The lowest BCUT2D eigenvalue weighted by molar-refractivity contribution is -0.114. The van der Waals surface area contributed by atoms with Gasteiger partial charge in [-0.05, 0) is 29.2 Å². The summed E-state index contributed by atoms with van der Waals surface area (Å²) >= 11 is 0. The van der Waals surface area contributed by atoms with Crippen molar-refractivity contribution in [1.29, 1.82) is 5.26 Å². The third-order valence-electron chi connectivity index (χ3n) is 3.33. The molecule has 0 aromatic heterocycles. The fraction of sp³-hybridized carbons (Fsp3) is 0.222. The molecule has 21 heavy (non-hydrogen) atoms. The van der Waals surface area contributed by atoms with Gasteiger partial charge < -0.3 is 5.32 Å². The van der Waals surface area contributed by atoms with Crippen LogP contribution in [0.3, 0.4) is 0 Å². The molecule has 0 fully saturated rings. The van der Waals surface area contributed by atoms with E-state index in [2.05, 4.69) is 25.2 Å². The van der Waals surface area contributed by atoms with Crippen molar-refractivity contribution in [3.63, 3.8) is 0 Å². The molecule has 1 N–H and O–H groups in total. The number of rotatable bonds is 3. The van der Waals surface area contributed by atoms with Crippen LogP contribution in [0.4, 0.5) is 5.69 Å². The van der Waals surface area contributed by atoms with Crippen molar-refractivity contribution < 1.29 is 4.79 Å². The molecular weight excluding hydrogens is 260 g/mol. The molecule has 0 spiro atoms. The van der Waals surface area contributed by atoms with E-state index < -0.39 is 0 Å². The molecular formula is C18H18N2O. The van der Waals surface area contributed by atoms with E-state index in [1.54, 1.807) is 0 Å². The van der Waals surface area contributed by atoms with Crippen LogP contribution in [0, 0.1) is 11.3 Å². The second kappa shape index (κ2) is 6.23. The van der Waals surface area contributed by atoms with Crippen molar-refractivity contribution in [3.05, 3.63) is 53.6 Å². The van der Waals surface area contributed by atoms with E-state index in [1.165, 1.54) is 6.92 Å². The molecule has 0 heterocycles. The monoisotopic (exact) mass is 278 g/mol. The zero-order valence-corrected chi connectivity index (χ0v) is 12.5. The summed E-state index contributed by atoms with van der Waals surface area (Å²) in [5.74, 6) is 0.131. The third-order valence-corrected chi connectivity index (χ3v) is 3.33. The Kier molecular flexibility index (Phi) is 4.39. The number of nitriles is 1. The lowest BCUT2D eigenvalue weighted by Gasteiger charge is -2.16. The van der Waals surface area contributed by atoms with Crippen molar-refractivity contribution in [2.24, 2.45) is 0 Å². The quantitative estimate of drug-likeness (QED) is 0.909. The molecule has 0 atom stereocenters. The Hall–Kier alpha value is -2.60. The summed E-state index contributed by atoms with van der Waals surface area (Å²) in [4.78, 5) is 11.5. The van der Waals surface area contributed by atoms with Gasteiger partial charge in [-0.15, -0.1) is 0 Å². The highest BCUT2D eigenvalue weighted by atomic mass is 16.1. The van der Waals surface area contributed by atoms with Crippen LogP contribution in [0.1, 0.15) is 37.8 Å². The minimum Gasteiger partial charge on any atom is -0.325 e. The Labute approximate surface area is 125 Å². The fourth-order valence-electron chi connectivity index (χ4n) is 2.24. The standard InChI is InChI=1S/C18H18N2O/c1-12(2)15-9-16(11-19)18(20-13(3)21)17(10-15)14-7-5-4-6-8-14/h4-10,12H,1-3H3,(H,20,21). The SMILES string of the molecule is CC(=O)Nc1c(C#N)cc(C(C)C)cc1-c1ccccc1. The molecule has 0 aliphatic heterocycles. The highest BCUT2D eigenvalue weighted by Crippen LogP contribution is 2.34. The maximum atomic E-state index is 11.5. The van der Waals surface area contributed by atoms with Crippen LogP contribution in [0.2, 0.25) is 0 Å². The number of anilines is 1. The fourth-order valence-corrected chi connectivity index (χ4v) is 2.24. The van der Waals surface area contributed by atoms with Gasteiger partial charge in [0.25, 0.3) is 0 Å². The average Bonchev–Trinajstić information content (AvgIpc) is 2.47. The molecule has 2 aromatic rings. The molecule has 0 radical (unpaired) electrons. The predicted octanol–water partition coefficient (Wildman–Crippen LogP) is 4.31. The molecule has 0 aliphatic carbocycles. The topological polar surface area (TPSA) is 52.9 Å². The molecule has 0 saturated carbocycles. The Morgan fingerprint density at radius 1 is 1.19 bits per heavy atom. The van der Waals surface area contributed by atoms with E-state index >= 15 is 0 Å². The highest BCUT2D eigenvalue weighted by Gasteiger charge is 2.15. The lowest BCUT2D eigenvalue weighted by Crippen LogP contribution is -2.09. The van der Waals surface area contributed by atoms with Crippen molar-refractivity contribution in [2.75, 3.05) is 5.32 Å². The summed E-state index contributed by atoms with van der Waals surface area (Å²) in [6, 6.07) is 15.9. The van der Waals surface area contributed by atoms with Crippen molar-refractivity contribution in [1.82, 2.24) is 0 Å². The number of hydrogen-bond acceptors (Lipinski definition) is 2. The Morgan fingerprint density at radius 2 is 1.86 bits per heavy atom. The lowest BCUT2D eigenvalue weighted by atomic mass is 9.93. The summed E-state index contributed by atoms with van der Waals surface area (Å²) in [5.41, 5.74) is 4.03. The number of benzene rings is 2. The van der Waals surface area contributed by atoms with E-state index in [9.17, 15) is 10.1 Å². The maximum absolute atomic E-state index is 11.5. The van der Waals surface area contributed by atoms with Gasteiger partial charge in [0.05, 0.1) is 11.3 Å². The van der Waals surface area contributed by atoms with Crippen LogP contribution in [-0.4, -0.2) is 5.91 Å². The van der Waals surface area contributed by atoms with E-state index in [4.69, 9.17) is 0 Å². The van der Waals surface area contributed by atoms with E-state index in [0.29, 0.717) is 17.2 Å². The van der Waals surface area contributed by atoms with E-state index in [-0.39, 0.29) is 5.91 Å². The van der Waals surface area contributed by atoms with Crippen LogP contribution < -0.4 is 5.32 Å². The molecule has 1 amide bonds. The van der Waals surface area contributed by atoms with Gasteiger partial charge in [0.15, 0.2) is 0 Å². The van der Waals surface area contributed by atoms with Crippen molar-refractivity contribution in [3.8, 4) is 17.2 Å². The first-order chi connectivity index (χ1) is 10.0. The normalized spacial score (nSPS) is 10.2. The van der Waals surface area contributed by atoms with Crippen LogP contribution in [0.5, 0.6) is 0 Å². The van der Waals surface area contributed by atoms with Crippen LogP contribution in [-0.2, 0) is 4.79 Å². The zero-order chi connectivity index (χ0) is 15.4. The summed E-state index contributed by atoms with van der Waals surface area (Å²) in [5, 5.41) is 12.2. The zero-order valence-electron chi connectivity index (χ0n) is 12.5. The summed E-state index contributed by atoms with van der Waals surface area (Å²) in [6.07, 6.45) is 0. The molecule has 0 aliphatic rings. The second-order valence-corrected chi connectivity index (χ2v) is 5.30. The third kappa shape index (κ3) is 3.29. The number of carbonyl (C=O) groups excluding carboxylic acids is 1. The van der Waals surface area contributed by atoms with Gasteiger partial charge in [0.2, 0.25) is 5.91 Å². The highest BCUT2D eigenvalue weighted by molar-refractivity contribution is 5.96. The minimum absolute atomic E-state index is 0.180. The number of hydrogen-bond donors (Lipinski definition) is 1. The van der Waals surface area contributed by atoms with Gasteiger partial charge >= 0.3 is 0 Å². The molecule has 106 valence electrons. The smallest absolute Gasteiger partial charge is 0.221 e. The van der Waals surface area contributed by atoms with Crippen LogP contribution >= 0.6 is 0 Å². The predicted molar refractivity (Wildman–Crippen MR) is 85.0 cm³/mol. The minimum atomic E-state index is -0.180. The molecule has 0 unspecified atom stereocenters. The summed E-state index contributed by atoms with van der Waals surface area (Å²) in [7, 11) is 0. The Bertz CT molecular complexity index is 697. The second-order valence-electron chi connectivity index (χ2n) is 5.30. The van der Waals surface area contributed by atoms with Gasteiger partial charge in [-0.2, -0.15) is 5.26 Å². The molecule has 3 heteroatoms. The summed E-state index contributed by atoms with van der Waals surface area (Å²) in [6.45, 7) is 5.62. The molecule has 2 aromatic carbocycles. The molecule has 0 bridgehead atoms. The van der Waals surface area contributed by atoms with Gasteiger partial charge in [0.1, 0.15) is 6.07 Å². The molecule has 2 rings (SSSR count). The molecule has 3 nitrogen and oxygen atoms in total. The van der Waals surface area contributed by atoms with E-state index in [0.717, 1.165) is 16.7 Å². The Morgan fingerprint density at radius 3 is 2.38 bits per heavy atom. The average molecular weight is 278 g/mol. The first kappa shape index (κ1) is 14.8.